The highest BCUT2D eigenvalue weighted by Crippen LogP contribution is 2.20. The molecule has 0 N–H and O–H groups in total. The largest absolute Gasteiger partial charge is 0.328 e. The molecule has 0 radical (unpaired) electrons. The van der Waals surface area contributed by atoms with E-state index in [0.29, 0.717) is 0 Å². The molecule has 5 nitrogen and oxygen atoms in total. The highest BCUT2D eigenvalue weighted by molar-refractivity contribution is 14.1. The SMILES string of the molecule is CS(=O)(=O)O[C@@H]1CN(C(=O)I)C[C@H]1F. The van der Waals surface area contributed by atoms with E-state index in [-0.39, 0.29) is 17.0 Å². The fourth-order valence-corrected chi connectivity index (χ4v) is 2.22. The number of alkyl halides is 1. The van der Waals surface area contributed by atoms with Gasteiger partial charge >= 0.3 is 0 Å². The summed E-state index contributed by atoms with van der Waals surface area (Å²) >= 11 is 1.52. The Morgan fingerprint density at radius 2 is 2.14 bits per heavy atom. The zero-order valence-electron chi connectivity index (χ0n) is 7.31. The molecule has 0 aromatic rings. The zero-order valence-corrected chi connectivity index (χ0v) is 10.3. The highest BCUT2D eigenvalue weighted by Gasteiger charge is 2.37. The van der Waals surface area contributed by atoms with Crippen LogP contribution in [0.3, 0.4) is 0 Å². The monoisotopic (exact) mass is 337 g/mol. The highest BCUT2D eigenvalue weighted by atomic mass is 127. The van der Waals surface area contributed by atoms with Gasteiger partial charge in [0.25, 0.3) is 14.0 Å². The summed E-state index contributed by atoms with van der Waals surface area (Å²) in [7, 11) is -3.67. The Bertz CT molecular complexity index is 333. The number of carbonyl (C=O) groups excluding carboxylic acids is 1. The van der Waals surface area contributed by atoms with Crippen molar-refractivity contribution in [3.8, 4) is 0 Å². The summed E-state index contributed by atoms with van der Waals surface area (Å²) in [6.45, 7) is -0.127. The van der Waals surface area contributed by atoms with Gasteiger partial charge in [-0.15, -0.1) is 0 Å². The molecule has 82 valence electrons. The van der Waals surface area contributed by atoms with Crippen molar-refractivity contribution in [1.29, 1.82) is 0 Å². The van der Waals surface area contributed by atoms with Crippen LogP contribution in [0.2, 0.25) is 0 Å². The molecular weight excluding hydrogens is 328 g/mol. The Kier molecular flexibility index (Phi) is 3.69. The molecule has 1 rings (SSSR count). The number of hydrogen-bond donors (Lipinski definition) is 0. The summed E-state index contributed by atoms with van der Waals surface area (Å²) in [6, 6.07) is 0. The van der Waals surface area contributed by atoms with Gasteiger partial charge in [-0.3, -0.25) is 8.98 Å². The molecule has 1 fully saturated rings. The van der Waals surface area contributed by atoms with Crippen LogP contribution in [0.1, 0.15) is 0 Å². The minimum atomic E-state index is -3.67. The van der Waals surface area contributed by atoms with Crippen molar-refractivity contribution in [1.82, 2.24) is 4.90 Å². The Balaban J connectivity index is 2.62. The average Bonchev–Trinajstić information content (AvgIpc) is 2.29. The van der Waals surface area contributed by atoms with Crippen LogP contribution >= 0.6 is 22.6 Å². The van der Waals surface area contributed by atoms with E-state index in [9.17, 15) is 17.6 Å². The third kappa shape index (κ3) is 3.31. The third-order valence-corrected chi connectivity index (χ3v) is 3.02. The molecule has 1 saturated heterocycles. The first-order chi connectivity index (χ1) is 6.29. The number of hydrogen-bond acceptors (Lipinski definition) is 4. The Morgan fingerprint density at radius 1 is 1.57 bits per heavy atom. The second-order valence-electron chi connectivity index (χ2n) is 3.01. The lowest BCUT2D eigenvalue weighted by molar-refractivity contribution is 0.146. The maximum atomic E-state index is 13.1. The molecule has 14 heavy (non-hydrogen) atoms. The molecule has 0 spiro atoms. The third-order valence-electron chi connectivity index (χ3n) is 1.75. The van der Waals surface area contributed by atoms with E-state index in [0.717, 1.165) is 6.26 Å². The standard InChI is InChI=1S/C6H9FINO4S/c1-14(11,12)13-5-3-9(6(8)10)2-4(5)7/h4-5H,2-3H2,1H3/t4-,5-/m1/s1. The van der Waals surface area contributed by atoms with Gasteiger partial charge in [0.05, 0.1) is 19.3 Å². The summed E-state index contributed by atoms with van der Waals surface area (Å²) in [4.78, 5) is 12.1. The summed E-state index contributed by atoms with van der Waals surface area (Å²) in [5.74, 6) is 0. The van der Waals surface area contributed by atoms with Crippen LogP contribution < -0.4 is 0 Å². The van der Waals surface area contributed by atoms with Gasteiger partial charge in [0, 0.05) is 22.6 Å². The Morgan fingerprint density at radius 3 is 2.50 bits per heavy atom. The molecule has 8 heteroatoms. The van der Waals surface area contributed by atoms with Gasteiger partial charge < -0.3 is 4.90 Å². The first-order valence-corrected chi connectivity index (χ1v) is 6.66. The maximum Gasteiger partial charge on any atom is 0.283 e. The van der Waals surface area contributed by atoms with E-state index in [2.05, 4.69) is 4.18 Å². The van der Waals surface area contributed by atoms with Crippen LogP contribution in [0.5, 0.6) is 0 Å². The molecule has 1 aliphatic heterocycles. The molecular formula is C6H9FINO4S. The van der Waals surface area contributed by atoms with E-state index < -0.39 is 22.4 Å². The minimum Gasteiger partial charge on any atom is -0.328 e. The van der Waals surface area contributed by atoms with Crippen molar-refractivity contribution in [2.45, 2.75) is 12.3 Å². The van der Waals surface area contributed by atoms with Crippen molar-refractivity contribution in [3.05, 3.63) is 0 Å². The number of rotatable bonds is 2. The van der Waals surface area contributed by atoms with Crippen LogP contribution in [0, 0.1) is 0 Å². The number of carbonyl (C=O) groups is 1. The minimum absolute atomic E-state index is 0.0178. The van der Waals surface area contributed by atoms with Crippen LogP contribution in [0.15, 0.2) is 0 Å². The number of amides is 1. The fraction of sp³-hybridized carbons (Fsp3) is 0.833. The predicted octanol–water partition coefficient (Wildman–Crippen LogP) is 0.540. The molecule has 1 aliphatic rings. The van der Waals surface area contributed by atoms with Crippen LogP contribution in [-0.2, 0) is 14.3 Å². The van der Waals surface area contributed by atoms with Gasteiger partial charge in [0.15, 0.2) is 0 Å². The number of nitrogens with zero attached hydrogens (tertiary/aromatic N) is 1. The van der Waals surface area contributed by atoms with E-state index in [1.165, 1.54) is 27.5 Å². The molecule has 1 heterocycles. The van der Waals surface area contributed by atoms with Crippen molar-refractivity contribution in [2.24, 2.45) is 0 Å². The van der Waals surface area contributed by atoms with Crippen molar-refractivity contribution in [2.75, 3.05) is 19.3 Å². The molecule has 0 aromatic carbocycles. The van der Waals surface area contributed by atoms with E-state index >= 15 is 0 Å². The predicted molar refractivity (Wildman–Crippen MR) is 55.6 cm³/mol. The first kappa shape index (κ1) is 12.1. The normalized spacial score (nSPS) is 28.1. The quantitative estimate of drug-likeness (QED) is 0.319. The van der Waals surface area contributed by atoms with Crippen molar-refractivity contribution < 1.29 is 21.8 Å². The summed E-state index contributed by atoms with van der Waals surface area (Å²) in [5.41, 5.74) is 0. The lowest BCUT2D eigenvalue weighted by Gasteiger charge is -2.11. The van der Waals surface area contributed by atoms with Crippen LogP contribution in [0.4, 0.5) is 9.18 Å². The molecule has 2 atom stereocenters. The van der Waals surface area contributed by atoms with Gasteiger partial charge in [0.2, 0.25) is 0 Å². The van der Waals surface area contributed by atoms with Crippen molar-refractivity contribution >= 4 is 36.6 Å². The average molecular weight is 337 g/mol. The van der Waals surface area contributed by atoms with Gasteiger partial charge in [-0.1, -0.05) is 0 Å². The van der Waals surface area contributed by atoms with E-state index in [1.54, 1.807) is 0 Å². The summed E-state index contributed by atoms with van der Waals surface area (Å²) in [6.07, 6.45) is -1.65. The topological polar surface area (TPSA) is 63.7 Å². The molecule has 0 saturated carbocycles. The van der Waals surface area contributed by atoms with Crippen LogP contribution in [0.25, 0.3) is 0 Å². The second-order valence-corrected chi connectivity index (χ2v) is 5.54. The van der Waals surface area contributed by atoms with Gasteiger partial charge in [0.1, 0.15) is 12.3 Å². The second kappa shape index (κ2) is 4.27. The van der Waals surface area contributed by atoms with Crippen molar-refractivity contribution in [3.63, 3.8) is 0 Å². The summed E-state index contributed by atoms with van der Waals surface area (Å²) in [5, 5.41) is 0. The number of halogens is 2. The Labute approximate surface area is 94.9 Å². The van der Waals surface area contributed by atoms with E-state index in [4.69, 9.17) is 0 Å². The smallest absolute Gasteiger partial charge is 0.283 e. The maximum absolute atomic E-state index is 13.1. The van der Waals surface area contributed by atoms with Gasteiger partial charge in [-0.25, -0.2) is 4.39 Å². The number of likely N-dealkylation sites (tertiary alicyclic amines) is 1. The lowest BCUT2D eigenvalue weighted by Crippen LogP contribution is -2.27. The lowest BCUT2D eigenvalue weighted by atomic mass is 10.3. The summed E-state index contributed by atoms with van der Waals surface area (Å²) < 4.78 is 38.7. The molecule has 0 aliphatic carbocycles. The van der Waals surface area contributed by atoms with E-state index in [1.807, 2.05) is 0 Å². The molecule has 0 bridgehead atoms. The molecule has 0 unspecified atom stereocenters. The zero-order chi connectivity index (χ0) is 10.9. The Hall–Kier alpha value is 0.0400. The molecule has 0 aromatic heterocycles. The molecule has 1 amide bonds. The first-order valence-electron chi connectivity index (χ1n) is 3.76. The fourth-order valence-electron chi connectivity index (χ4n) is 1.19. The van der Waals surface area contributed by atoms with Gasteiger partial charge in [-0.05, 0) is 0 Å². The van der Waals surface area contributed by atoms with Crippen LogP contribution in [-0.4, -0.2) is 48.9 Å². The van der Waals surface area contributed by atoms with Gasteiger partial charge in [-0.2, -0.15) is 8.42 Å².